The van der Waals surface area contributed by atoms with Crippen LogP contribution in [0.15, 0.2) is 36.4 Å². The van der Waals surface area contributed by atoms with Crippen LogP contribution < -0.4 is 0 Å². The maximum absolute atomic E-state index is 11.3. The quantitative estimate of drug-likeness (QED) is 0.624. The fourth-order valence-electron chi connectivity index (χ4n) is 1.60. The maximum atomic E-state index is 11.3. The molecule has 0 radical (unpaired) electrons. The van der Waals surface area contributed by atoms with E-state index < -0.39 is 10.1 Å². The molecule has 0 saturated heterocycles. The van der Waals surface area contributed by atoms with E-state index in [0.29, 0.717) is 12.0 Å². The first-order valence-electron chi connectivity index (χ1n) is 5.78. The van der Waals surface area contributed by atoms with Gasteiger partial charge in [-0.15, -0.1) is 0 Å². The molecule has 0 aromatic heterocycles. The predicted octanol–water partition coefficient (Wildman–Crippen LogP) is 3.50. The minimum absolute atomic E-state index is 0.00852. The van der Waals surface area contributed by atoms with E-state index in [4.69, 9.17) is 0 Å². The Hall–Kier alpha value is -1.13. The van der Waals surface area contributed by atoms with Gasteiger partial charge in [0.15, 0.2) is 0 Å². The van der Waals surface area contributed by atoms with Crippen LogP contribution in [0.2, 0.25) is 0 Å². The van der Waals surface area contributed by atoms with Crippen LogP contribution in [0, 0.1) is 0 Å². The van der Waals surface area contributed by atoms with Gasteiger partial charge in [-0.3, -0.25) is 4.55 Å². The summed E-state index contributed by atoms with van der Waals surface area (Å²) in [5.41, 5.74) is 0.534. The van der Waals surface area contributed by atoms with Gasteiger partial charge in [0.1, 0.15) is 0 Å². The van der Waals surface area contributed by atoms with E-state index in [2.05, 4.69) is 6.92 Å². The summed E-state index contributed by atoms with van der Waals surface area (Å²) in [5, 5.41) is 0. The Labute approximate surface area is 103 Å². The molecule has 0 heterocycles. The van der Waals surface area contributed by atoms with Crippen molar-refractivity contribution in [1.29, 1.82) is 0 Å². The zero-order valence-electron chi connectivity index (χ0n) is 9.96. The first-order chi connectivity index (χ1) is 8.05. The smallest absolute Gasteiger partial charge is 0.282 e. The molecule has 0 fully saturated rings. The average molecular weight is 254 g/mol. The van der Waals surface area contributed by atoms with Gasteiger partial charge in [0.05, 0.1) is 4.91 Å². The SMILES string of the molecule is CCCCCC=C(c1ccccc1)S(=O)(=O)O. The molecule has 0 spiro atoms. The molecule has 1 rings (SSSR count). The Morgan fingerprint density at radius 3 is 2.41 bits per heavy atom. The molecule has 0 unspecified atom stereocenters. The van der Waals surface area contributed by atoms with Gasteiger partial charge in [-0.2, -0.15) is 8.42 Å². The average Bonchev–Trinajstić information content (AvgIpc) is 2.28. The van der Waals surface area contributed by atoms with Gasteiger partial charge in [-0.05, 0) is 18.4 Å². The molecule has 1 N–H and O–H groups in total. The lowest BCUT2D eigenvalue weighted by atomic mass is 10.1. The minimum Gasteiger partial charge on any atom is -0.282 e. The van der Waals surface area contributed by atoms with Crippen LogP contribution >= 0.6 is 0 Å². The number of hydrogen-bond acceptors (Lipinski definition) is 2. The molecule has 94 valence electrons. The van der Waals surface area contributed by atoms with Crippen LogP contribution in [0.5, 0.6) is 0 Å². The van der Waals surface area contributed by atoms with Crippen LogP contribution in [0.4, 0.5) is 0 Å². The summed E-state index contributed by atoms with van der Waals surface area (Å²) in [5.74, 6) is 0. The van der Waals surface area contributed by atoms with E-state index in [0.717, 1.165) is 19.3 Å². The molecule has 1 aromatic carbocycles. The Kier molecular flexibility index (Phi) is 5.38. The number of rotatable bonds is 6. The maximum Gasteiger partial charge on any atom is 0.294 e. The van der Waals surface area contributed by atoms with Crippen LogP contribution in [-0.4, -0.2) is 13.0 Å². The van der Waals surface area contributed by atoms with Crippen molar-refractivity contribution in [2.75, 3.05) is 0 Å². The molecule has 0 amide bonds. The summed E-state index contributed by atoms with van der Waals surface area (Å²) in [4.78, 5) is 0.00852. The highest BCUT2D eigenvalue weighted by atomic mass is 32.2. The second-order valence-electron chi connectivity index (χ2n) is 3.91. The van der Waals surface area contributed by atoms with Gasteiger partial charge >= 0.3 is 0 Å². The van der Waals surface area contributed by atoms with Crippen molar-refractivity contribution in [1.82, 2.24) is 0 Å². The zero-order chi connectivity index (χ0) is 12.7. The third-order valence-electron chi connectivity index (χ3n) is 2.47. The van der Waals surface area contributed by atoms with E-state index in [1.54, 1.807) is 30.3 Å². The summed E-state index contributed by atoms with van der Waals surface area (Å²) < 4.78 is 31.8. The molecule has 0 bridgehead atoms. The van der Waals surface area contributed by atoms with Crippen LogP contribution in [0.25, 0.3) is 4.91 Å². The molecular weight excluding hydrogens is 236 g/mol. The lowest BCUT2D eigenvalue weighted by Crippen LogP contribution is -2.01. The van der Waals surface area contributed by atoms with Gasteiger partial charge < -0.3 is 0 Å². The number of allylic oxidation sites excluding steroid dienone is 1. The monoisotopic (exact) mass is 254 g/mol. The second kappa shape index (κ2) is 6.57. The largest absolute Gasteiger partial charge is 0.294 e. The highest BCUT2D eigenvalue weighted by Crippen LogP contribution is 2.21. The van der Waals surface area contributed by atoms with E-state index in [-0.39, 0.29) is 4.91 Å². The standard InChI is InChI=1S/C13H18O3S/c1-2-3-4-8-11-13(17(14,15)16)12-9-6-5-7-10-12/h5-7,9-11H,2-4,8H2,1H3,(H,14,15,16). The van der Waals surface area contributed by atoms with E-state index in [1.165, 1.54) is 0 Å². The molecule has 3 nitrogen and oxygen atoms in total. The van der Waals surface area contributed by atoms with Crippen molar-refractivity contribution in [2.24, 2.45) is 0 Å². The van der Waals surface area contributed by atoms with Crippen LogP contribution in [0.1, 0.15) is 38.2 Å². The van der Waals surface area contributed by atoms with Crippen molar-refractivity contribution in [2.45, 2.75) is 32.6 Å². The first-order valence-corrected chi connectivity index (χ1v) is 7.22. The van der Waals surface area contributed by atoms with Gasteiger partial charge in [-0.25, -0.2) is 0 Å². The lowest BCUT2D eigenvalue weighted by Gasteiger charge is -2.04. The summed E-state index contributed by atoms with van der Waals surface area (Å²) in [6.07, 6.45) is 5.34. The van der Waals surface area contributed by atoms with Crippen LogP contribution in [-0.2, 0) is 10.1 Å². The lowest BCUT2D eigenvalue weighted by molar-refractivity contribution is 0.496. The van der Waals surface area contributed by atoms with Crippen LogP contribution in [0.3, 0.4) is 0 Å². The van der Waals surface area contributed by atoms with Crippen molar-refractivity contribution in [3.05, 3.63) is 42.0 Å². The molecule has 0 aliphatic carbocycles. The molecular formula is C13H18O3S. The van der Waals surface area contributed by atoms with Gasteiger partial charge in [0, 0.05) is 0 Å². The Morgan fingerprint density at radius 2 is 1.88 bits per heavy atom. The highest BCUT2D eigenvalue weighted by molar-refractivity contribution is 7.95. The van der Waals surface area contributed by atoms with Gasteiger partial charge in [-0.1, -0.05) is 56.2 Å². The van der Waals surface area contributed by atoms with E-state index >= 15 is 0 Å². The van der Waals surface area contributed by atoms with Gasteiger partial charge in [0.2, 0.25) is 0 Å². The van der Waals surface area contributed by atoms with Gasteiger partial charge in [0.25, 0.3) is 10.1 Å². The van der Waals surface area contributed by atoms with Crippen molar-refractivity contribution in [3.8, 4) is 0 Å². The van der Waals surface area contributed by atoms with Crippen molar-refractivity contribution >= 4 is 15.0 Å². The summed E-state index contributed by atoms with van der Waals surface area (Å²) in [7, 11) is -4.14. The van der Waals surface area contributed by atoms with E-state index in [1.807, 2.05) is 6.07 Å². The minimum atomic E-state index is -4.14. The normalized spacial score (nSPS) is 12.7. The number of benzene rings is 1. The summed E-state index contributed by atoms with van der Waals surface area (Å²) in [6, 6.07) is 8.67. The fourth-order valence-corrected chi connectivity index (χ4v) is 2.36. The first kappa shape index (κ1) is 13.9. The Bertz CT molecular complexity index is 461. The topological polar surface area (TPSA) is 54.4 Å². The third kappa shape index (κ3) is 4.71. The fraction of sp³-hybridized carbons (Fsp3) is 0.385. The molecule has 4 heteroatoms. The Morgan fingerprint density at radius 1 is 1.24 bits per heavy atom. The third-order valence-corrected chi connectivity index (χ3v) is 3.43. The van der Waals surface area contributed by atoms with Crippen molar-refractivity contribution < 1.29 is 13.0 Å². The summed E-state index contributed by atoms with van der Waals surface area (Å²) in [6.45, 7) is 2.09. The predicted molar refractivity (Wildman–Crippen MR) is 70.1 cm³/mol. The van der Waals surface area contributed by atoms with Crippen molar-refractivity contribution in [3.63, 3.8) is 0 Å². The molecule has 0 aliphatic heterocycles. The number of unbranched alkanes of at least 4 members (excludes halogenated alkanes) is 3. The molecule has 17 heavy (non-hydrogen) atoms. The second-order valence-corrected chi connectivity index (χ2v) is 5.30. The van der Waals surface area contributed by atoms with E-state index in [9.17, 15) is 13.0 Å². The molecule has 0 saturated carbocycles. The Balaban J connectivity index is 2.90. The number of hydrogen-bond donors (Lipinski definition) is 1. The molecule has 1 aromatic rings. The molecule has 0 atom stereocenters. The highest BCUT2D eigenvalue weighted by Gasteiger charge is 2.14. The zero-order valence-corrected chi connectivity index (χ0v) is 10.8. The molecule has 0 aliphatic rings. The summed E-state index contributed by atoms with van der Waals surface area (Å²) >= 11 is 0.